The lowest BCUT2D eigenvalue weighted by Gasteiger charge is -2.06. The third-order valence-corrected chi connectivity index (χ3v) is 1.69. The Morgan fingerprint density at radius 1 is 1.27 bits per heavy atom. The third kappa shape index (κ3) is 2.39. The van der Waals surface area contributed by atoms with Crippen molar-refractivity contribution in [1.29, 1.82) is 0 Å². The predicted molar refractivity (Wildman–Crippen MR) is 49.3 cm³/mol. The van der Waals surface area contributed by atoms with Gasteiger partial charge in [-0.05, 0) is 12.4 Å². The molecule has 0 bridgehead atoms. The van der Waals surface area contributed by atoms with Gasteiger partial charge in [-0.25, -0.2) is 0 Å². The maximum absolute atomic E-state index is 5.43. The molecule has 0 aliphatic heterocycles. The molecule has 0 saturated heterocycles. The topological polar surface area (TPSA) is 9.23 Å². The van der Waals surface area contributed by atoms with Crippen LogP contribution in [0.4, 0.5) is 0 Å². The highest BCUT2D eigenvalue weighted by atomic mass is 16.4. The molecule has 1 aromatic carbocycles. The van der Waals surface area contributed by atoms with Crippen molar-refractivity contribution in [3.8, 4) is 0 Å². The highest BCUT2D eigenvalue weighted by molar-refractivity contribution is 6.66. The second kappa shape index (κ2) is 4.19. The van der Waals surface area contributed by atoms with Crippen LogP contribution in [0, 0.1) is 0 Å². The molecule has 0 aliphatic rings. The van der Waals surface area contributed by atoms with Crippen LogP contribution >= 0.6 is 0 Å². The normalized spacial score (nSPS) is 9.64. The second-order valence-corrected chi connectivity index (χ2v) is 2.51. The van der Waals surface area contributed by atoms with Gasteiger partial charge in [0.15, 0.2) is 0 Å². The first-order valence-corrected chi connectivity index (χ1v) is 4.01. The van der Waals surface area contributed by atoms with Crippen molar-refractivity contribution in [2.75, 3.05) is 6.61 Å². The smallest absolute Gasteiger partial charge is 0.323 e. The van der Waals surface area contributed by atoms with E-state index in [-0.39, 0.29) is 6.92 Å². The van der Waals surface area contributed by atoms with Crippen molar-refractivity contribution >= 4 is 12.4 Å². The monoisotopic (exact) mass is 148 g/mol. The van der Waals surface area contributed by atoms with Gasteiger partial charge in [0.05, 0.1) is 0 Å². The van der Waals surface area contributed by atoms with Gasteiger partial charge >= 0.3 is 6.92 Å². The van der Waals surface area contributed by atoms with Crippen molar-refractivity contribution in [3.63, 3.8) is 0 Å². The molecular formula is C9H13BO. The predicted octanol–water partition coefficient (Wildman–Crippen LogP) is 1.55. The lowest BCUT2D eigenvalue weighted by Crippen LogP contribution is -2.29. The second-order valence-electron chi connectivity index (χ2n) is 2.51. The summed E-state index contributed by atoms with van der Waals surface area (Å²) in [5.41, 5.74) is 1.24. The van der Waals surface area contributed by atoms with E-state index in [9.17, 15) is 0 Å². The SMILES string of the molecule is CCOB(C)c1ccccc1. The Labute approximate surface area is 68.5 Å². The third-order valence-electron chi connectivity index (χ3n) is 1.69. The van der Waals surface area contributed by atoms with Crippen molar-refractivity contribution in [1.82, 2.24) is 0 Å². The van der Waals surface area contributed by atoms with E-state index in [2.05, 4.69) is 19.0 Å². The highest BCUT2D eigenvalue weighted by Crippen LogP contribution is 1.89. The first-order valence-electron chi connectivity index (χ1n) is 4.01. The van der Waals surface area contributed by atoms with E-state index in [1.54, 1.807) is 0 Å². The van der Waals surface area contributed by atoms with Gasteiger partial charge < -0.3 is 4.65 Å². The van der Waals surface area contributed by atoms with Gasteiger partial charge in [0.1, 0.15) is 0 Å². The van der Waals surface area contributed by atoms with Crippen LogP contribution in [0.25, 0.3) is 0 Å². The van der Waals surface area contributed by atoms with Gasteiger partial charge in [-0.2, -0.15) is 0 Å². The fourth-order valence-electron chi connectivity index (χ4n) is 1.07. The summed E-state index contributed by atoms with van der Waals surface area (Å²) in [4.78, 5) is 0. The van der Waals surface area contributed by atoms with Gasteiger partial charge in [0.25, 0.3) is 0 Å². The Balaban J connectivity index is 2.61. The average Bonchev–Trinajstić information content (AvgIpc) is 2.07. The van der Waals surface area contributed by atoms with Crippen LogP contribution in [0.3, 0.4) is 0 Å². The molecule has 0 unspecified atom stereocenters. The maximum atomic E-state index is 5.43. The summed E-state index contributed by atoms with van der Waals surface area (Å²) in [6.07, 6.45) is 0. The summed E-state index contributed by atoms with van der Waals surface area (Å²) < 4.78 is 5.43. The molecular weight excluding hydrogens is 135 g/mol. The average molecular weight is 148 g/mol. The van der Waals surface area contributed by atoms with E-state index in [0.29, 0.717) is 0 Å². The molecule has 1 rings (SSSR count). The fourth-order valence-corrected chi connectivity index (χ4v) is 1.07. The molecule has 0 spiro atoms. The lowest BCUT2D eigenvalue weighted by atomic mass is 9.64. The lowest BCUT2D eigenvalue weighted by molar-refractivity contribution is 0.354. The Morgan fingerprint density at radius 2 is 1.91 bits per heavy atom. The summed E-state index contributed by atoms with van der Waals surface area (Å²) in [6.45, 7) is 5.08. The number of benzene rings is 1. The molecule has 0 aliphatic carbocycles. The number of rotatable bonds is 3. The van der Waals surface area contributed by atoms with Crippen LogP contribution in [0.2, 0.25) is 6.82 Å². The van der Waals surface area contributed by atoms with Crippen LogP contribution in [0.15, 0.2) is 30.3 Å². The van der Waals surface area contributed by atoms with E-state index in [1.165, 1.54) is 5.46 Å². The van der Waals surface area contributed by atoms with E-state index in [4.69, 9.17) is 4.65 Å². The van der Waals surface area contributed by atoms with Crippen molar-refractivity contribution in [2.24, 2.45) is 0 Å². The minimum Gasteiger partial charge on any atom is -0.431 e. The molecule has 1 nitrogen and oxygen atoms in total. The zero-order valence-electron chi connectivity index (χ0n) is 7.08. The van der Waals surface area contributed by atoms with Gasteiger partial charge in [-0.1, -0.05) is 37.2 Å². The van der Waals surface area contributed by atoms with Crippen LogP contribution in [0.5, 0.6) is 0 Å². The Morgan fingerprint density at radius 3 is 2.45 bits per heavy atom. The minimum absolute atomic E-state index is 0.223. The molecule has 0 saturated carbocycles. The van der Waals surface area contributed by atoms with Crippen molar-refractivity contribution < 1.29 is 4.65 Å². The molecule has 58 valence electrons. The molecule has 0 amide bonds. The molecule has 0 heterocycles. The quantitative estimate of drug-likeness (QED) is 0.591. The van der Waals surface area contributed by atoms with Crippen LogP contribution in [0.1, 0.15) is 6.92 Å². The molecule has 0 atom stereocenters. The molecule has 0 N–H and O–H groups in total. The molecule has 1 aromatic rings. The number of hydrogen-bond donors (Lipinski definition) is 0. The minimum atomic E-state index is 0.223. The molecule has 2 heteroatoms. The maximum Gasteiger partial charge on any atom is 0.323 e. The first kappa shape index (κ1) is 8.34. The summed E-state index contributed by atoms with van der Waals surface area (Å²) in [7, 11) is 0. The van der Waals surface area contributed by atoms with E-state index >= 15 is 0 Å². The Bertz CT molecular complexity index is 198. The van der Waals surface area contributed by atoms with Crippen LogP contribution in [-0.4, -0.2) is 13.5 Å². The van der Waals surface area contributed by atoms with Crippen molar-refractivity contribution in [2.45, 2.75) is 13.7 Å². The van der Waals surface area contributed by atoms with Gasteiger partial charge in [0.2, 0.25) is 0 Å². The zero-order valence-corrected chi connectivity index (χ0v) is 7.08. The largest absolute Gasteiger partial charge is 0.431 e. The van der Waals surface area contributed by atoms with Gasteiger partial charge in [-0.15, -0.1) is 0 Å². The van der Waals surface area contributed by atoms with Gasteiger partial charge in [0, 0.05) is 6.61 Å². The van der Waals surface area contributed by atoms with E-state index in [0.717, 1.165) is 6.61 Å². The highest BCUT2D eigenvalue weighted by Gasteiger charge is 2.08. The fraction of sp³-hybridized carbons (Fsp3) is 0.333. The Hall–Kier alpha value is -0.755. The summed E-state index contributed by atoms with van der Waals surface area (Å²) in [5, 5.41) is 0. The molecule has 11 heavy (non-hydrogen) atoms. The molecule has 0 radical (unpaired) electrons. The Kier molecular flexibility index (Phi) is 3.18. The summed E-state index contributed by atoms with van der Waals surface area (Å²) in [6, 6.07) is 10.2. The van der Waals surface area contributed by atoms with E-state index in [1.807, 2.05) is 25.1 Å². The zero-order chi connectivity index (χ0) is 8.10. The molecule has 0 fully saturated rings. The number of hydrogen-bond acceptors (Lipinski definition) is 1. The van der Waals surface area contributed by atoms with Crippen molar-refractivity contribution in [3.05, 3.63) is 30.3 Å². The van der Waals surface area contributed by atoms with Crippen LogP contribution < -0.4 is 5.46 Å². The summed E-state index contributed by atoms with van der Waals surface area (Å²) >= 11 is 0. The molecule has 0 aromatic heterocycles. The van der Waals surface area contributed by atoms with Crippen LogP contribution in [-0.2, 0) is 4.65 Å². The first-order chi connectivity index (χ1) is 5.34. The van der Waals surface area contributed by atoms with Gasteiger partial charge in [-0.3, -0.25) is 0 Å². The van der Waals surface area contributed by atoms with E-state index < -0.39 is 0 Å². The summed E-state index contributed by atoms with van der Waals surface area (Å²) in [5.74, 6) is 0. The standard InChI is InChI=1S/C9H13BO/c1-3-11-10(2)9-7-5-4-6-8-9/h4-8H,3H2,1-2H3.